The molecule has 0 unspecified atom stereocenters. The van der Waals surface area contributed by atoms with Gasteiger partial charge in [0.05, 0.1) is 11.1 Å². The highest BCUT2D eigenvalue weighted by Crippen LogP contribution is 2.24. The van der Waals surface area contributed by atoms with E-state index in [1.165, 1.54) is 6.92 Å². The van der Waals surface area contributed by atoms with Crippen molar-refractivity contribution in [3.8, 4) is 5.75 Å². The van der Waals surface area contributed by atoms with Crippen molar-refractivity contribution in [2.75, 3.05) is 0 Å². The van der Waals surface area contributed by atoms with E-state index in [2.05, 4.69) is 0 Å². The lowest BCUT2D eigenvalue weighted by molar-refractivity contribution is 0.0732. The zero-order valence-corrected chi connectivity index (χ0v) is 11.8. The van der Waals surface area contributed by atoms with Crippen LogP contribution in [0.4, 0.5) is 0 Å². The van der Waals surface area contributed by atoms with E-state index in [4.69, 9.17) is 4.74 Å². The zero-order valence-electron chi connectivity index (χ0n) is 11.8. The molecule has 0 aliphatic heterocycles. The number of carbonyl (C=O) groups excluding carboxylic acids is 2. The van der Waals surface area contributed by atoms with Crippen LogP contribution in [-0.2, 0) is 0 Å². The molecule has 0 saturated heterocycles. The van der Waals surface area contributed by atoms with Crippen LogP contribution in [0, 0.1) is 13.8 Å². The van der Waals surface area contributed by atoms with Gasteiger partial charge in [-0.25, -0.2) is 4.79 Å². The average molecular weight is 268 g/mol. The molecule has 0 aliphatic carbocycles. The molecule has 20 heavy (non-hydrogen) atoms. The van der Waals surface area contributed by atoms with Crippen LogP contribution in [0.15, 0.2) is 42.5 Å². The van der Waals surface area contributed by atoms with Crippen LogP contribution in [0.1, 0.15) is 38.8 Å². The summed E-state index contributed by atoms with van der Waals surface area (Å²) in [5.41, 5.74) is 2.86. The van der Waals surface area contributed by atoms with Crippen LogP contribution in [0.25, 0.3) is 0 Å². The lowest BCUT2D eigenvalue weighted by Gasteiger charge is -2.11. The first-order valence-corrected chi connectivity index (χ1v) is 6.38. The molecule has 0 amide bonds. The monoisotopic (exact) mass is 268 g/mol. The van der Waals surface area contributed by atoms with Gasteiger partial charge in [-0.3, -0.25) is 4.79 Å². The highest BCUT2D eigenvalue weighted by Gasteiger charge is 2.15. The molecule has 0 aliphatic rings. The number of hydrogen-bond acceptors (Lipinski definition) is 3. The summed E-state index contributed by atoms with van der Waals surface area (Å²) in [6.45, 7) is 5.30. The Hall–Kier alpha value is -2.42. The fourth-order valence-electron chi connectivity index (χ4n) is 1.88. The lowest BCUT2D eigenvalue weighted by atomic mass is 10.0. The number of hydrogen-bond donors (Lipinski definition) is 0. The molecule has 2 rings (SSSR count). The molecule has 0 atom stereocenters. The van der Waals surface area contributed by atoms with Crippen molar-refractivity contribution < 1.29 is 14.3 Å². The SMILES string of the molecule is CC(=O)c1cc(C)c(C)cc1OC(=O)c1ccccc1. The van der Waals surface area contributed by atoms with Gasteiger partial charge in [0.2, 0.25) is 0 Å². The van der Waals surface area contributed by atoms with Gasteiger partial charge in [0.15, 0.2) is 5.78 Å². The largest absolute Gasteiger partial charge is 0.422 e. The highest BCUT2D eigenvalue weighted by atomic mass is 16.5. The van der Waals surface area contributed by atoms with Crippen molar-refractivity contribution >= 4 is 11.8 Å². The van der Waals surface area contributed by atoms with E-state index in [1.54, 1.807) is 36.4 Å². The fourth-order valence-corrected chi connectivity index (χ4v) is 1.88. The van der Waals surface area contributed by atoms with Crippen molar-refractivity contribution in [2.24, 2.45) is 0 Å². The van der Waals surface area contributed by atoms with Crippen LogP contribution in [0.3, 0.4) is 0 Å². The molecule has 102 valence electrons. The Bertz CT molecular complexity index is 657. The molecular weight excluding hydrogens is 252 g/mol. The maximum absolute atomic E-state index is 12.1. The summed E-state index contributed by atoms with van der Waals surface area (Å²) in [6.07, 6.45) is 0. The Morgan fingerprint density at radius 3 is 2.15 bits per heavy atom. The van der Waals surface area contributed by atoms with E-state index in [0.29, 0.717) is 16.9 Å². The number of aryl methyl sites for hydroxylation is 2. The summed E-state index contributed by atoms with van der Waals surface area (Å²) in [5, 5.41) is 0. The van der Waals surface area contributed by atoms with Gasteiger partial charge < -0.3 is 4.74 Å². The first-order valence-electron chi connectivity index (χ1n) is 6.38. The molecule has 0 aromatic heterocycles. The maximum atomic E-state index is 12.1. The summed E-state index contributed by atoms with van der Waals surface area (Å²) < 4.78 is 5.37. The average Bonchev–Trinajstić information content (AvgIpc) is 2.43. The molecule has 2 aromatic carbocycles. The second kappa shape index (κ2) is 5.70. The molecule has 3 nitrogen and oxygen atoms in total. The Morgan fingerprint density at radius 2 is 1.55 bits per heavy atom. The molecular formula is C17H16O3. The molecule has 2 aromatic rings. The van der Waals surface area contributed by atoms with Gasteiger partial charge in [-0.1, -0.05) is 18.2 Å². The van der Waals surface area contributed by atoms with Crippen molar-refractivity contribution in [1.29, 1.82) is 0 Å². The third kappa shape index (κ3) is 2.94. The van der Waals surface area contributed by atoms with Gasteiger partial charge >= 0.3 is 5.97 Å². The van der Waals surface area contributed by atoms with Gasteiger partial charge in [-0.2, -0.15) is 0 Å². The van der Waals surface area contributed by atoms with E-state index >= 15 is 0 Å². The zero-order chi connectivity index (χ0) is 14.7. The van der Waals surface area contributed by atoms with Gasteiger partial charge in [0, 0.05) is 0 Å². The van der Waals surface area contributed by atoms with Gasteiger partial charge in [-0.05, 0) is 56.2 Å². The summed E-state index contributed by atoms with van der Waals surface area (Å²) in [4.78, 5) is 23.7. The van der Waals surface area contributed by atoms with E-state index in [-0.39, 0.29) is 5.78 Å². The molecule has 0 saturated carbocycles. The molecule has 0 bridgehead atoms. The van der Waals surface area contributed by atoms with Crippen molar-refractivity contribution in [3.05, 3.63) is 64.7 Å². The van der Waals surface area contributed by atoms with Gasteiger partial charge in [-0.15, -0.1) is 0 Å². The fraction of sp³-hybridized carbons (Fsp3) is 0.176. The summed E-state index contributed by atoms with van der Waals surface area (Å²) in [6, 6.07) is 12.2. The Balaban J connectivity index is 2.36. The molecule has 0 N–H and O–H groups in total. The third-order valence-corrected chi connectivity index (χ3v) is 3.19. The highest BCUT2D eigenvalue weighted by molar-refractivity contribution is 5.99. The number of Topliss-reactive ketones (excluding diaryl/α,β-unsaturated/α-hetero) is 1. The van der Waals surface area contributed by atoms with Crippen LogP contribution in [-0.4, -0.2) is 11.8 Å². The molecule has 0 spiro atoms. The number of benzene rings is 2. The van der Waals surface area contributed by atoms with Crippen molar-refractivity contribution in [3.63, 3.8) is 0 Å². The second-order valence-corrected chi connectivity index (χ2v) is 4.74. The second-order valence-electron chi connectivity index (χ2n) is 4.74. The molecule has 0 fully saturated rings. The molecule has 0 radical (unpaired) electrons. The summed E-state index contributed by atoms with van der Waals surface area (Å²) in [7, 11) is 0. The minimum Gasteiger partial charge on any atom is -0.422 e. The minimum atomic E-state index is -0.462. The Labute approximate surface area is 118 Å². The minimum absolute atomic E-state index is 0.121. The number of rotatable bonds is 3. The molecule has 3 heteroatoms. The number of ketones is 1. The van der Waals surface area contributed by atoms with Crippen LogP contribution >= 0.6 is 0 Å². The number of ether oxygens (including phenoxy) is 1. The van der Waals surface area contributed by atoms with Crippen LogP contribution in [0.5, 0.6) is 5.75 Å². The van der Waals surface area contributed by atoms with Crippen LogP contribution in [0.2, 0.25) is 0 Å². The van der Waals surface area contributed by atoms with E-state index < -0.39 is 5.97 Å². The summed E-state index contributed by atoms with van der Waals surface area (Å²) >= 11 is 0. The predicted octanol–water partition coefficient (Wildman–Crippen LogP) is 3.73. The van der Waals surface area contributed by atoms with Crippen molar-refractivity contribution in [1.82, 2.24) is 0 Å². The smallest absolute Gasteiger partial charge is 0.343 e. The number of esters is 1. The molecule has 0 heterocycles. The maximum Gasteiger partial charge on any atom is 0.343 e. The van der Waals surface area contributed by atoms with Crippen molar-refractivity contribution in [2.45, 2.75) is 20.8 Å². The van der Waals surface area contributed by atoms with E-state index in [9.17, 15) is 9.59 Å². The van der Waals surface area contributed by atoms with Gasteiger partial charge in [0.25, 0.3) is 0 Å². The lowest BCUT2D eigenvalue weighted by Crippen LogP contribution is -2.11. The standard InChI is InChI=1S/C17H16O3/c1-11-9-15(13(3)18)16(10-12(11)2)20-17(19)14-7-5-4-6-8-14/h4-10H,1-3H3. The Morgan fingerprint density at radius 1 is 0.950 bits per heavy atom. The first-order chi connectivity index (χ1) is 9.49. The Kier molecular flexibility index (Phi) is 3.99. The first kappa shape index (κ1) is 14.0. The predicted molar refractivity (Wildman–Crippen MR) is 77.3 cm³/mol. The quantitative estimate of drug-likeness (QED) is 0.484. The van der Waals surface area contributed by atoms with Gasteiger partial charge in [0.1, 0.15) is 5.75 Å². The summed E-state index contributed by atoms with van der Waals surface area (Å²) in [5.74, 6) is -0.269. The topological polar surface area (TPSA) is 43.4 Å². The van der Waals surface area contributed by atoms with E-state index in [0.717, 1.165) is 11.1 Å². The van der Waals surface area contributed by atoms with E-state index in [1.807, 2.05) is 19.9 Å². The normalized spacial score (nSPS) is 10.2. The number of carbonyl (C=O) groups is 2. The van der Waals surface area contributed by atoms with Crippen LogP contribution < -0.4 is 4.74 Å². The third-order valence-electron chi connectivity index (χ3n) is 3.19.